The van der Waals surface area contributed by atoms with Crippen molar-refractivity contribution < 1.29 is 29.0 Å². The maximum absolute atomic E-state index is 10.1. The monoisotopic (exact) mass is 207 g/mol. The number of rotatable bonds is 3. The first kappa shape index (κ1) is 10.8. The molecule has 6 nitrogen and oxygen atoms in total. The van der Waals surface area contributed by atoms with Crippen molar-refractivity contribution in [3.8, 4) is 0 Å². The van der Waals surface area contributed by atoms with E-state index in [9.17, 15) is 4.57 Å². The molecule has 1 atom stereocenters. The smallest absolute Gasteiger partial charge is 0.346 e. The molecule has 0 aliphatic rings. The normalized spacial score (nSPS) is 13.4. The van der Waals surface area contributed by atoms with Crippen LogP contribution in [0.3, 0.4) is 0 Å². The van der Waals surface area contributed by atoms with E-state index in [-0.39, 0.29) is 0 Å². The molecule has 0 spiro atoms. The summed E-state index contributed by atoms with van der Waals surface area (Å²) in [7, 11) is -8.43. The lowest BCUT2D eigenvalue weighted by molar-refractivity contribution is 0.451. The molecule has 5 N–H and O–H groups in total. The molecular weight excluding hydrogens is 201 g/mol. The highest BCUT2D eigenvalue weighted by atomic mass is 31.3. The van der Waals surface area contributed by atoms with Crippen LogP contribution in [-0.4, -0.2) is 29.6 Å². The lowest BCUT2D eigenvalue weighted by Crippen LogP contribution is -1.95. The van der Waals surface area contributed by atoms with Crippen LogP contribution in [0.5, 0.6) is 0 Å². The first-order valence-electron chi connectivity index (χ1n) is 1.96. The van der Waals surface area contributed by atoms with Gasteiger partial charge in [0.25, 0.3) is 0 Å². The highest BCUT2D eigenvalue weighted by Gasteiger charge is 2.44. The molecule has 60 valence electrons. The van der Waals surface area contributed by atoms with Gasteiger partial charge < -0.3 is 19.6 Å². The second kappa shape index (κ2) is 4.60. The van der Waals surface area contributed by atoms with Crippen molar-refractivity contribution in [2.75, 3.05) is 0 Å². The zero-order valence-electron chi connectivity index (χ0n) is 4.56. The Bertz CT molecular complexity index is 114. The van der Waals surface area contributed by atoms with Gasteiger partial charge in [-0.15, -0.1) is 0 Å². The van der Waals surface area contributed by atoms with Crippen LogP contribution in [-0.2, 0) is 4.57 Å². The summed E-state index contributed by atoms with van der Waals surface area (Å²) < 4.78 is 10.1. The fourth-order valence-electron chi connectivity index (χ4n) is 0.269. The van der Waals surface area contributed by atoms with Crippen molar-refractivity contribution in [1.82, 2.24) is 0 Å². The fourth-order valence-corrected chi connectivity index (χ4v) is 2.42. The molecule has 0 fully saturated rings. The van der Waals surface area contributed by atoms with Crippen molar-refractivity contribution in [3.63, 3.8) is 0 Å². The molecular formula is CH6O6P3+. The van der Waals surface area contributed by atoms with E-state index in [1.54, 1.807) is 0 Å². The quantitative estimate of drug-likeness (QED) is 0.401. The summed E-state index contributed by atoms with van der Waals surface area (Å²) in [6.45, 7) is 0. The predicted octanol–water partition coefficient (Wildman–Crippen LogP) is -0.402. The standard InChI is InChI=1S/CH5O6P3/c2-8(3)1(9(4)5)10(6)7/h1-5H/p+1. The van der Waals surface area contributed by atoms with Crippen molar-refractivity contribution in [2.45, 2.75) is 5.14 Å². The van der Waals surface area contributed by atoms with Crippen LogP contribution in [0, 0.1) is 0 Å². The lowest BCUT2D eigenvalue weighted by Gasteiger charge is -2.05. The van der Waals surface area contributed by atoms with Gasteiger partial charge in [-0.1, -0.05) is 0 Å². The molecule has 0 aromatic carbocycles. The molecule has 0 aromatic heterocycles. The van der Waals surface area contributed by atoms with Crippen LogP contribution in [0.1, 0.15) is 0 Å². The predicted molar refractivity (Wildman–Crippen MR) is 36.3 cm³/mol. The van der Waals surface area contributed by atoms with E-state index < -0.39 is 29.9 Å². The van der Waals surface area contributed by atoms with E-state index in [1.165, 1.54) is 0 Å². The van der Waals surface area contributed by atoms with Crippen LogP contribution in [0.15, 0.2) is 0 Å². The summed E-state index contributed by atoms with van der Waals surface area (Å²) in [5.41, 5.74) is 0. The Kier molecular flexibility index (Phi) is 4.95. The largest absolute Gasteiger partial charge is 0.528 e. The Morgan fingerprint density at radius 2 is 1.40 bits per heavy atom. The van der Waals surface area contributed by atoms with Crippen molar-refractivity contribution >= 4 is 24.8 Å². The minimum atomic E-state index is -2.94. The van der Waals surface area contributed by atoms with Gasteiger partial charge in [0.05, 0.1) is 0 Å². The van der Waals surface area contributed by atoms with Gasteiger partial charge in [0.1, 0.15) is 0 Å². The maximum atomic E-state index is 10.1. The van der Waals surface area contributed by atoms with Gasteiger partial charge in [-0.3, -0.25) is 0 Å². The topological polar surface area (TPSA) is 118 Å². The second-order valence-corrected chi connectivity index (χ2v) is 5.95. The van der Waals surface area contributed by atoms with Gasteiger partial charge in [-0.05, 0) is 4.57 Å². The molecule has 0 amide bonds. The van der Waals surface area contributed by atoms with Gasteiger partial charge in [-0.25, -0.2) is 0 Å². The van der Waals surface area contributed by atoms with Gasteiger partial charge in [-0.2, -0.15) is 4.89 Å². The molecule has 0 heterocycles. The fraction of sp³-hybridized carbons (Fsp3) is 1.00. The van der Waals surface area contributed by atoms with Gasteiger partial charge >= 0.3 is 13.2 Å². The second-order valence-electron chi connectivity index (χ2n) is 1.29. The third-order valence-electron chi connectivity index (χ3n) is 0.611. The van der Waals surface area contributed by atoms with E-state index in [0.717, 1.165) is 0 Å². The van der Waals surface area contributed by atoms with Gasteiger partial charge in [0.15, 0.2) is 0 Å². The third kappa shape index (κ3) is 3.24. The summed E-state index contributed by atoms with van der Waals surface area (Å²) in [5.74, 6) is 0. The number of hydrogen-bond acceptors (Lipinski definition) is 5. The summed E-state index contributed by atoms with van der Waals surface area (Å²) in [6.07, 6.45) is 0. The molecule has 0 radical (unpaired) electrons. The Balaban J connectivity index is 4.12. The molecule has 0 aromatic rings. The number of hydrogen-bond donors (Lipinski definition) is 5. The van der Waals surface area contributed by atoms with Crippen molar-refractivity contribution in [1.29, 1.82) is 0 Å². The summed E-state index contributed by atoms with van der Waals surface area (Å²) >= 11 is 0. The van der Waals surface area contributed by atoms with E-state index >= 15 is 0 Å². The third-order valence-corrected chi connectivity index (χ3v) is 5.50. The van der Waals surface area contributed by atoms with Crippen LogP contribution in [0.2, 0.25) is 0 Å². The molecule has 10 heavy (non-hydrogen) atoms. The Morgan fingerprint density at radius 3 is 1.40 bits per heavy atom. The minimum Gasteiger partial charge on any atom is -0.346 e. The molecule has 0 saturated heterocycles. The minimum absolute atomic E-state index is 1.69. The Hall–Kier alpha value is 0.760. The zero-order chi connectivity index (χ0) is 8.31. The maximum Gasteiger partial charge on any atom is 0.528 e. The molecule has 0 bridgehead atoms. The Labute approximate surface area is 59.8 Å². The van der Waals surface area contributed by atoms with Gasteiger partial charge in [0.2, 0.25) is 16.8 Å². The molecule has 0 rings (SSSR count). The van der Waals surface area contributed by atoms with E-state index in [2.05, 4.69) is 0 Å². The first-order valence-corrected chi connectivity index (χ1v) is 5.87. The van der Waals surface area contributed by atoms with Crippen molar-refractivity contribution in [2.24, 2.45) is 0 Å². The van der Waals surface area contributed by atoms with Gasteiger partial charge in [0, 0.05) is 0 Å². The first-order chi connectivity index (χ1) is 4.46. The van der Waals surface area contributed by atoms with E-state index in [1.807, 2.05) is 0 Å². The highest BCUT2D eigenvalue weighted by molar-refractivity contribution is 7.78. The molecule has 9 heteroatoms. The SMILES string of the molecule is O=[P+](O)C(P(O)O)P(O)O. The van der Waals surface area contributed by atoms with E-state index in [4.69, 9.17) is 24.5 Å². The average Bonchev–Trinajstić information content (AvgIpc) is 1.59. The molecule has 0 aliphatic heterocycles. The Morgan fingerprint density at radius 1 is 1.10 bits per heavy atom. The van der Waals surface area contributed by atoms with Crippen LogP contribution in [0.4, 0.5) is 0 Å². The van der Waals surface area contributed by atoms with E-state index in [0.29, 0.717) is 0 Å². The van der Waals surface area contributed by atoms with Crippen LogP contribution in [0.25, 0.3) is 0 Å². The zero-order valence-corrected chi connectivity index (χ0v) is 7.25. The van der Waals surface area contributed by atoms with Crippen LogP contribution >= 0.6 is 24.8 Å². The molecule has 0 aliphatic carbocycles. The summed E-state index contributed by atoms with van der Waals surface area (Å²) in [6, 6.07) is 0. The summed E-state index contributed by atoms with van der Waals surface area (Å²) in [5, 5.41) is -1.69. The summed E-state index contributed by atoms with van der Waals surface area (Å²) in [4.78, 5) is 41.6. The van der Waals surface area contributed by atoms with Crippen LogP contribution < -0.4 is 0 Å². The van der Waals surface area contributed by atoms with Crippen molar-refractivity contribution in [3.05, 3.63) is 0 Å². The lowest BCUT2D eigenvalue weighted by atomic mass is 11.9. The molecule has 0 saturated carbocycles. The molecule has 1 unspecified atom stereocenters. The highest BCUT2D eigenvalue weighted by Crippen LogP contribution is 2.59. The average molecular weight is 207 g/mol.